The van der Waals surface area contributed by atoms with Gasteiger partial charge in [0.2, 0.25) is 0 Å². The molecule has 1 heterocycles. The van der Waals surface area contributed by atoms with Crippen LogP contribution in [0.25, 0.3) is 0 Å². The molecule has 1 rings (SSSR count). The lowest BCUT2D eigenvalue weighted by molar-refractivity contribution is 0.729. The molecular formula is C12H18S. The topological polar surface area (TPSA) is 0 Å². The molecule has 0 N–H and O–H groups in total. The van der Waals surface area contributed by atoms with Crippen LogP contribution in [0.5, 0.6) is 0 Å². The van der Waals surface area contributed by atoms with E-state index in [0.29, 0.717) is 5.92 Å². The Balaban J connectivity index is 2.44. The normalized spacial score (nSPS) is 13.8. The van der Waals surface area contributed by atoms with E-state index in [1.54, 1.807) is 0 Å². The minimum absolute atomic E-state index is 0.679. The molecule has 1 atom stereocenters. The lowest BCUT2D eigenvalue weighted by Crippen LogP contribution is -1.92. The van der Waals surface area contributed by atoms with Crippen LogP contribution in [0.3, 0.4) is 0 Å². The smallest absolute Gasteiger partial charge is 0.00538 e. The number of aryl methyl sites for hydroxylation is 1. The average Bonchev–Trinajstić information content (AvgIpc) is 2.48. The van der Waals surface area contributed by atoms with Crippen LogP contribution in [0.4, 0.5) is 0 Å². The fourth-order valence-electron chi connectivity index (χ4n) is 1.35. The van der Waals surface area contributed by atoms with Gasteiger partial charge in [-0.3, -0.25) is 0 Å². The van der Waals surface area contributed by atoms with E-state index in [2.05, 4.69) is 45.1 Å². The largest absolute Gasteiger partial charge is 0.146 e. The van der Waals surface area contributed by atoms with E-state index in [4.69, 9.17) is 0 Å². The maximum Gasteiger partial charge on any atom is 0.00538 e. The highest BCUT2D eigenvalue weighted by Gasteiger charge is 2.01. The summed E-state index contributed by atoms with van der Waals surface area (Å²) in [7, 11) is 0. The van der Waals surface area contributed by atoms with Crippen molar-refractivity contribution in [2.45, 2.75) is 33.6 Å². The first-order valence-corrected chi connectivity index (χ1v) is 5.76. The maximum absolute atomic E-state index is 2.31. The maximum atomic E-state index is 2.31. The van der Waals surface area contributed by atoms with Gasteiger partial charge in [0.15, 0.2) is 0 Å². The van der Waals surface area contributed by atoms with Crippen LogP contribution in [0, 0.1) is 12.8 Å². The van der Waals surface area contributed by atoms with E-state index in [-0.39, 0.29) is 0 Å². The zero-order valence-corrected chi connectivity index (χ0v) is 9.53. The van der Waals surface area contributed by atoms with Crippen LogP contribution in [-0.2, 0) is 6.42 Å². The summed E-state index contributed by atoms with van der Waals surface area (Å²) in [4.78, 5) is 2.92. The molecule has 0 spiro atoms. The molecule has 0 nitrogen and oxygen atoms in total. The molecule has 0 aliphatic rings. The van der Waals surface area contributed by atoms with Gasteiger partial charge in [-0.1, -0.05) is 26.0 Å². The van der Waals surface area contributed by atoms with Gasteiger partial charge in [-0.2, -0.15) is 0 Å². The van der Waals surface area contributed by atoms with E-state index in [0.717, 1.165) is 6.42 Å². The molecule has 0 aliphatic heterocycles. The Bertz CT molecular complexity index is 270. The molecule has 0 bridgehead atoms. The van der Waals surface area contributed by atoms with Gasteiger partial charge in [-0.05, 0) is 37.8 Å². The summed E-state index contributed by atoms with van der Waals surface area (Å²) < 4.78 is 0. The first-order chi connectivity index (χ1) is 6.22. The van der Waals surface area contributed by atoms with Crippen molar-refractivity contribution in [2.24, 2.45) is 5.92 Å². The lowest BCUT2D eigenvalue weighted by Gasteiger charge is -2.02. The third-order valence-corrected chi connectivity index (χ3v) is 3.04. The minimum atomic E-state index is 0.679. The second-order valence-electron chi connectivity index (χ2n) is 3.53. The monoisotopic (exact) mass is 194 g/mol. The van der Waals surface area contributed by atoms with Crippen LogP contribution in [-0.4, -0.2) is 0 Å². The van der Waals surface area contributed by atoms with E-state index in [9.17, 15) is 0 Å². The summed E-state index contributed by atoms with van der Waals surface area (Å²) >= 11 is 1.92. The zero-order valence-electron chi connectivity index (χ0n) is 8.71. The van der Waals surface area contributed by atoms with Crippen molar-refractivity contribution in [2.75, 3.05) is 0 Å². The van der Waals surface area contributed by atoms with Crippen molar-refractivity contribution in [3.05, 3.63) is 34.0 Å². The molecule has 0 saturated heterocycles. The first kappa shape index (κ1) is 10.5. The number of rotatable bonds is 4. The van der Waals surface area contributed by atoms with Gasteiger partial charge in [0, 0.05) is 9.75 Å². The third kappa shape index (κ3) is 3.77. The first-order valence-electron chi connectivity index (χ1n) is 4.94. The Hall–Kier alpha value is -0.560. The molecule has 72 valence electrons. The van der Waals surface area contributed by atoms with Crippen molar-refractivity contribution in [3.8, 4) is 0 Å². The Kier molecular flexibility index (Phi) is 4.23. The molecule has 1 aromatic rings. The van der Waals surface area contributed by atoms with Crippen LogP contribution >= 0.6 is 11.3 Å². The SMILES string of the molecule is CC/C=C\C(C)Cc1ccc(C)s1. The Morgan fingerprint density at radius 3 is 2.77 bits per heavy atom. The standard InChI is InChI=1S/C12H18S/c1-4-5-6-10(2)9-12-8-7-11(3)13-12/h5-8,10H,4,9H2,1-3H3/b6-5-. The van der Waals surface area contributed by atoms with Crippen LogP contribution in [0.1, 0.15) is 30.0 Å². The number of allylic oxidation sites excluding steroid dienone is 2. The molecule has 0 fully saturated rings. The molecule has 1 heteroatoms. The quantitative estimate of drug-likeness (QED) is 0.630. The van der Waals surface area contributed by atoms with E-state index >= 15 is 0 Å². The summed E-state index contributed by atoms with van der Waals surface area (Å²) in [5, 5.41) is 0. The average molecular weight is 194 g/mol. The molecule has 0 aliphatic carbocycles. The fraction of sp³-hybridized carbons (Fsp3) is 0.500. The molecule has 0 radical (unpaired) electrons. The van der Waals surface area contributed by atoms with Crippen molar-refractivity contribution < 1.29 is 0 Å². The van der Waals surface area contributed by atoms with Gasteiger partial charge in [-0.25, -0.2) is 0 Å². The molecule has 1 aromatic heterocycles. The molecule has 0 saturated carbocycles. The van der Waals surface area contributed by atoms with Gasteiger partial charge >= 0.3 is 0 Å². The minimum Gasteiger partial charge on any atom is -0.146 e. The third-order valence-electron chi connectivity index (χ3n) is 2.02. The summed E-state index contributed by atoms with van der Waals surface area (Å²) in [6.07, 6.45) is 6.91. The van der Waals surface area contributed by atoms with Crippen LogP contribution in [0.2, 0.25) is 0 Å². The van der Waals surface area contributed by atoms with Crippen molar-refractivity contribution in [1.82, 2.24) is 0 Å². The second-order valence-corrected chi connectivity index (χ2v) is 4.90. The molecule has 13 heavy (non-hydrogen) atoms. The molecular weight excluding hydrogens is 176 g/mol. The summed E-state index contributed by atoms with van der Waals surface area (Å²) in [6, 6.07) is 4.45. The van der Waals surface area contributed by atoms with Crippen molar-refractivity contribution in [3.63, 3.8) is 0 Å². The van der Waals surface area contributed by atoms with E-state index < -0.39 is 0 Å². The molecule has 0 amide bonds. The highest BCUT2D eigenvalue weighted by Crippen LogP contribution is 2.19. The molecule has 0 aromatic carbocycles. The van der Waals surface area contributed by atoms with Crippen LogP contribution in [0.15, 0.2) is 24.3 Å². The fourth-order valence-corrected chi connectivity index (χ4v) is 2.38. The predicted molar refractivity (Wildman–Crippen MR) is 61.4 cm³/mol. The lowest BCUT2D eigenvalue weighted by atomic mass is 10.1. The second kappa shape index (κ2) is 5.23. The van der Waals surface area contributed by atoms with Crippen molar-refractivity contribution in [1.29, 1.82) is 0 Å². The Morgan fingerprint density at radius 2 is 2.23 bits per heavy atom. The van der Waals surface area contributed by atoms with Crippen molar-refractivity contribution >= 4 is 11.3 Å². The summed E-state index contributed by atoms with van der Waals surface area (Å²) in [5.74, 6) is 0.679. The number of hydrogen-bond donors (Lipinski definition) is 0. The Labute approximate surface area is 85.3 Å². The zero-order chi connectivity index (χ0) is 9.68. The Morgan fingerprint density at radius 1 is 1.46 bits per heavy atom. The van der Waals surface area contributed by atoms with Crippen LogP contribution < -0.4 is 0 Å². The van der Waals surface area contributed by atoms with E-state index in [1.165, 1.54) is 16.2 Å². The predicted octanol–water partition coefficient (Wildman–Crippen LogP) is 4.20. The molecule has 1 unspecified atom stereocenters. The number of thiophene rings is 1. The van der Waals surface area contributed by atoms with Gasteiger partial charge in [-0.15, -0.1) is 11.3 Å². The van der Waals surface area contributed by atoms with Gasteiger partial charge < -0.3 is 0 Å². The van der Waals surface area contributed by atoms with Gasteiger partial charge in [0.1, 0.15) is 0 Å². The van der Waals surface area contributed by atoms with E-state index in [1.807, 2.05) is 11.3 Å². The highest BCUT2D eigenvalue weighted by atomic mass is 32.1. The number of hydrogen-bond acceptors (Lipinski definition) is 1. The van der Waals surface area contributed by atoms with Gasteiger partial charge in [0.05, 0.1) is 0 Å². The summed E-state index contributed by atoms with van der Waals surface area (Å²) in [5.41, 5.74) is 0. The summed E-state index contributed by atoms with van der Waals surface area (Å²) in [6.45, 7) is 6.63. The highest BCUT2D eigenvalue weighted by molar-refractivity contribution is 7.11. The van der Waals surface area contributed by atoms with Gasteiger partial charge in [0.25, 0.3) is 0 Å².